The van der Waals surface area contributed by atoms with Crippen LogP contribution in [-0.2, 0) is 0 Å². The number of fused-ring (bicyclic) bond motifs is 1. The van der Waals surface area contributed by atoms with E-state index in [0.29, 0.717) is 11.7 Å². The molecular formula is C29H34N6. The summed E-state index contributed by atoms with van der Waals surface area (Å²) >= 11 is 0. The van der Waals surface area contributed by atoms with Gasteiger partial charge in [-0.15, -0.1) is 0 Å². The highest BCUT2D eigenvalue weighted by atomic mass is 15.2. The normalized spacial score (nSPS) is 19.7. The van der Waals surface area contributed by atoms with E-state index in [2.05, 4.69) is 91.3 Å². The molecule has 2 aliphatic rings. The van der Waals surface area contributed by atoms with E-state index in [1.165, 1.54) is 23.8 Å². The van der Waals surface area contributed by atoms with Crippen LogP contribution < -0.4 is 15.5 Å². The van der Waals surface area contributed by atoms with Gasteiger partial charge in [-0.05, 0) is 50.0 Å². The Morgan fingerprint density at radius 2 is 1.86 bits per heavy atom. The van der Waals surface area contributed by atoms with Gasteiger partial charge in [-0.25, -0.2) is 9.97 Å². The van der Waals surface area contributed by atoms with Gasteiger partial charge >= 0.3 is 0 Å². The van der Waals surface area contributed by atoms with Crippen molar-refractivity contribution in [3.8, 4) is 11.4 Å². The lowest BCUT2D eigenvalue weighted by Gasteiger charge is -2.31. The molecule has 6 heteroatoms. The zero-order chi connectivity index (χ0) is 24.4. The van der Waals surface area contributed by atoms with E-state index in [1.807, 2.05) is 12.3 Å². The number of hydrogen-bond acceptors (Lipinski definition) is 6. The molecule has 0 saturated carbocycles. The number of aromatic nitrogens is 3. The zero-order valence-corrected chi connectivity index (χ0v) is 21.1. The lowest BCUT2D eigenvalue weighted by molar-refractivity contribution is 0.448. The number of anilines is 1. The summed E-state index contributed by atoms with van der Waals surface area (Å²) < 4.78 is 0. The summed E-state index contributed by atoms with van der Waals surface area (Å²) in [7, 11) is 4.26. The predicted octanol–water partition coefficient (Wildman–Crippen LogP) is 3.86. The molecule has 2 aromatic heterocycles. The number of rotatable bonds is 6. The first-order chi connectivity index (χ1) is 17.0. The molecule has 0 amide bonds. The maximum atomic E-state index is 5.13. The molecule has 2 unspecified atom stereocenters. The van der Waals surface area contributed by atoms with Gasteiger partial charge in [-0.3, -0.25) is 9.98 Å². The first-order valence-electron chi connectivity index (χ1n) is 12.6. The van der Waals surface area contributed by atoms with E-state index in [4.69, 9.17) is 15.0 Å². The summed E-state index contributed by atoms with van der Waals surface area (Å²) in [6, 6.07) is 14.6. The first-order valence-corrected chi connectivity index (χ1v) is 12.6. The molecular weight excluding hydrogens is 432 g/mol. The molecule has 1 saturated heterocycles. The molecule has 2 aliphatic heterocycles. The fraction of sp³-hybridized carbons (Fsp3) is 0.379. The minimum absolute atomic E-state index is 0.0337. The summed E-state index contributed by atoms with van der Waals surface area (Å²) in [6.45, 7) is 6.40. The van der Waals surface area contributed by atoms with Crippen molar-refractivity contribution in [3.05, 3.63) is 76.7 Å². The minimum Gasteiger partial charge on any atom is -0.380 e. The molecule has 0 N–H and O–H groups in total. The van der Waals surface area contributed by atoms with Crippen molar-refractivity contribution in [1.29, 1.82) is 0 Å². The predicted molar refractivity (Wildman–Crippen MR) is 142 cm³/mol. The van der Waals surface area contributed by atoms with Gasteiger partial charge in [0.2, 0.25) is 0 Å². The molecule has 5 rings (SSSR count). The van der Waals surface area contributed by atoms with Crippen molar-refractivity contribution in [2.45, 2.75) is 39.2 Å². The highest BCUT2D eigenvalue weighted by Crippen LogP contribution is 2.28. The van der Waals surface area contributed by atoms with E-state index >= 15 is 0 Å². The number of para-hydroxylation sites is 1. The Labute approximate surface area is 207 Å². The summed E-state index contributed by atoms with van der Waals surface area (Å²) in [5.41, 5.74) is 4.24. The Balaban J connectivity index is 1.56. The van der Waals surface area contributed by atoms with E-state index < -0.39 is 0 Å². The summed E-state index contributed by atoms with van der Waals surface area (Å²) in [4.78, 5) is 24.2. The smallest absolute Gasteiger partial charge is 0.154 e. The van der Waals surface area contributed by atoms with Crippen molar-refractivity contribution < 1.29 is 0 Å². The molecule has 35 heavy (non-hydrogen) atoms. The zero-order valence-electron chi connectivity index (χ0n) is 21.1. The van der Waals surface area contributed by atoms with Crippen LogP contribution in [0.5, 0.6) is 0 Å². The molecule has 0 spiro atoms. The fourth-order valence-corrected chi connectivity index (χ4v) is 5.29. The summed E-state index contributed by atoms with van der Waals surface area (Å²) in [6.07, 6.45) is 9.49. The van der Waals surface area contributed by atoms with Crippen LogP contribution >= 0.6 is 0 Å². The molecule has 0 radical (unpaired) electrons. The molecule has 0 aliphatic carbocycles. The van der Waals surface area contributed by atoms with Gasteiger partial charge in [0.15, 0.2) is 5.82 Å². The number of nitrogens with zero attached hydrogens (tertiary/aromatic N) is 6. The van der Waals surface area contributed by atoms with Crippen molar-refractivity contribution in [2.75, 3.05) is 32.1 Å². The molecule has 1 aromatic carbocycles. The minimum atomic E-state index is 0.0337. The van der Waals surface area contributed by atoms with Gasteiger partial charge in [-0.1, -0.05) is 37.3 Å². The highest BCUT2D eigenvalue weighted by Gasteiger charge is 2.26. The van der Waals surface area contributed by atoms with Gasteiger partial charge < -0.3 is 9.80 Å². The molecule has 4 heterocycles. The van der Waals surface area contributed by atoms with Crippen molar-refractivity contribution in [2.24, 2.45) is 10.9 Å². The Kier molecular flexibility index (Phi) is 6.62. The average Bonchev–Trinajstić information content (AvgIpc) is 3.41. The van der Waals surface area contributed by atoms with Crippen LogP contribution in [0.25, 0.3) is 23.2 Å². The Bertz CT molecular complexity index is 1350. The number of pyridine rings is 1. The Morgan fingerprint density at radius 3 is 2.60 bits per heavy atom. The Morgan fingerprint density at radius 1 is 1.06 bits per heavy atom. The molecule has 0 bridgehead atoms. The van der Waals surface area contributed by atoms with Crippen LogP contribution in [0, 0.1) is 12.8 Å². The molecule has 2 atom stereocenters. The number of aryl methyl sites for hydroxylation is 1. The van der Waals surface area contributed by atoms with E-state index in [1.54, 1.807) is 0 Å². The quantitative estimate of drug-likeness (QED) is 0.552. The van der Waals surface area contributed by atoms with Gasteiger partial charge in [0.1, 0.15) is 5.82 Å². The van der Waals surface area contributed by atoms with Gasteiger partial charge in [0, 0.05) is 56.3 Å². The first kappa shape index (κ1) is 23.2. The van der Waals surface area contributed by atoms with Gasteiger partial charge in [0.25, 0.3) is 0 Å². The third-order valence-electron chi connectivity index (χ3n) is 7.01. The van der Waals surface area contributed by atoms with Crippen molar-refractivity contribution in [1.82, 2.24) is 19.9 Å². The standard InChI is InChI=1S/C29H34N6/c1-5-21-24(31-23-13-7-6-12-22(23)29(21)34(3)4)14-15-26-32-25(28-20(2)11-10-16-30-28)19-27(33-26)35-17-8-9-18-35/h6-7,10-16,19,21,24H,5,8-9,17-18H2,1-4H3/b15-14+. The van der Waals surface area contributed by atoms with Gasteiger partial charge in [-0.2, -0.15) is 0 Å². The highest BCUT2D eigenvalue weighted by molar-refractivity contribution is 5.64. The molecule has 3 aromatic rings. The largest absolute Gasteiger partial charge is 0.380 e. The van der Waals surface area contributed by atoms with E-state index in [0.717, 1.165) is 47.6 Å². The third-order valence-corrected chi connectivity index (χ3v) is 7.01. The Hall–Kier alpha value is -3.54. The summed E-state index contributed by atoms with van der Waals surface area (Å²) in [5.74, 6) is 2.00. The fourth-order valence-electron chi connectivity index (χ4n) is 5.29. The SMILES string of the molecule is CCC1C(N(C)C)=c2ccccc2=NC1/C=C/c1nc(-c2ncccc2C)cc(N2CCCC2)n1. The second kappa shape index (κ2) is 9.98. The third kappa shape index (κ3) is 4.70. The number of hydrogen-bond donors (Lipinski definition) is 0. The average molecular weight is 467 g/mol. The van der Waals surface area contributed by atoms with Crippen LogP contribution in [0.4, 0.5) is 5.82 Å². The molecule has 6 nitrogen and oxygen atoms in total. The maximum absolute atomic E-state index is 5.13. The number of benzene rings is 1. The maximum Gasteiger partial charge on any atom is 0.154 e. The second-order valence-corrected chi connectivity index (χ2v) is 9.62. The topological polar surface area (TPSA) is 57.5 Å². The van der Waals surface area contributed by atoms with Crippen LogP contribution in [0.2, 0.25) is 0 Å². The van der Waals surface area contributed by atoms with E-state index in [9.17, 15) is 0 Å². The van der Waals surface area contributed by atoms with Crippen molar-refractivity contribution >= 4 is 17.6 Å². The lowest BCUT2D eigenvalue weighted by Crippen LogP contribution is -2.42. The van der Waals surface area contributed by atoms with Crippen molar-refractivity contribution in [3.63, 3.8) is 0 Å². The molecule has 180 valence electrons. The van der Waals surface area contributed by atoms with Crippen LogP contribution in [0.15, 0.2) is 59.7 Å². The van der Waals surface area contributed by atoms with Crippen LogP contribution in [0.3, 0.4) is 0 Å². The molecule has 1 fully saturated rings. The van der Waals surface area contributed by atoms with Crippen LogP contribution in [-0.4, -0.2) is 53.1 Å². The second-order valence-electron chi connectivity index (χ2n) is 9.62. The summed E-state index contributed by atoms with van der Waals surface area (Å²) in [5, 5.41) is 2.28. The van der Waals surface area contributed by atoms with Crippen LogP contribution in [0.1, 0.15) is 37.6 Å². The van der Waals surface area contributed by atoms with E-state index in [-0.39, 0.29) is 6.04 Å². The monoisotopic (exact) mass is 466 g/mol. The van der Waals surface area contributed by atoms with Gasteiger partial charge in [0.05, 0.1) is 22.8 Å². The lowest BCUT2D eigenvalue weighted by atomic mass is 9.89.